The Kier molecular flexibility index (Phi) is 6.56. The van der Waals surface area contributed by atoms with Crippen LogP contribution in [0.25, 0.3) is 0 Å². The number of hydrogen-bond acceptors (Lipinski definition) is 4. The molecule has 1 aromatic heterocycles. The van der Waals surface area contributed by atoms with Gasteiger partial charge in [0.15, 0.2) is 0 Å². The molecule has 30 heavy (non-hydrogen) atoms. The van der Waals surface area contributed by atoms with Crippen LogP contribution < -0.4 is 9.47 Å². The van der Waals surface area contributed by atoms with Gasteiger partial charge in [-0.05, 0) is 47.9 Å². The molecule has 156 valence electrons. The van der Waals surface area contributed by atoms with Gasteiger partial charge in [-0.1, -0.05) is 24.3 Å². The summed E-state index contributed by atoms with van der Waals surface area (Å²) < 4.78 is 49.0. The highest BCUT2D eigenvalue weighted by Gasteiger charge is 2.30. The summed E-state index contributed by atoms with van der Waals surface area (Å²) in [4.78, 5) is 14.3. The Morgan fingerprint density at radius 1 is 0.967 bits per heavy atom. The smallest absolute Gasteiger partial charge is 0.417 e. The number of alkyl halides is 3. The molecular formula is C22H18F3NO4. The third-order valence-corrected chi connectivity index (χ3v) is 4.14. The molecule has 0 aliphatic rings. The normalized spacial score (nSPS) is 11.2. The molecule has 0 fully saturated rings. The average molecular weight is 417 g/mol. The Balaban J connectivity index is 1.57. The van der Waals surface area contributed by atoms with Gasteiger partial charge in [0, 0.05) is 18.7 Å². The molecule has 3 aromatic rings. The van der Waals surface area contributed by atoms with Gasteiger partial charge in [-0.2, -0.15) is 13.2 Å². The predicted octanol–water partition coefficient (Wildman–Crippen LogP) is 5.49. The minimum Gasteiger partial charge on any atom is -0.489 e. The fourth-order valence-electron chi connectivity index (χ4n) is 2.60. The number of ether oxygens (including phenoxy) is 2. The van der Waals surface area contributed by atoms with Gasteiger partial charge in [0.25, 0.3) is 0 Å². The van der Waals surface area contributed by atoms with Gasteiger partial charge in [0.05, 0.1) is 5.56 Å². The zero-order valence-corrected chi connectivity index (χ0v) is 15.7. The van der Waals surface area contributed by atoms with Crippen molar-refractivity contribution in [2.45, 2.75) is 25.6 Å². The summed E-state index contributed by atoms with van der Waals surface area (Å²) in [7, 11) is 0. The van der Waals surface area contributed by atoms with Gasteiger partial charge in [0.2, 0.25) is 5.88 Å². The molecule has 0 bridgehead atoms. The number of aliphatic carboxylic acids is 1. The number of pyridine rings is 1. The van der Waals surface area contributed by atoms with E-state index < -0.39 is 17.7 Å². The van der Waals surface area contributed by atoms with Crippen LogP contribution >= 0.6 is 0 Å². The highest BCUT2D eigenvalue weighted by molar-refractivity contribution is 5.67. The van der Waals surface area contributed by atoms with E-state index in [1.807, 2.05) is 18.2 Å². The first kappa shape index (κ1) is 21.2. The summed E-state index contributed by atoms with van der Waals surface area (Å²) in [5.41, 5.74) is 0.865. The van der Waals surface area contributed by atoms with Gasteiger partial charge in [-0.15, -0.1) is 0 Å². The molecular weight excluding hydrogens is 399 g/mol. The van der Waals surface area contributed by atoms with Crippen molar-refractivity contribution in [2.75, 3.05) is 0 Å². The summed E-state index contributed by atoms with van der Waals surface area (Å²) in [5.74, 6) is 0.263. The maximum atomic E-state index is 12.6. The van der Waals surface area contributed by atoms with Crippen LogP contribution in [-0.2, 0) is 24.0 Å². The first-order chi connectivity index (χ1) is 14.3. The van der Waals surface area contributed by atoms with Crippen molar-refractivity contribution < 1.29 is 32.5 Å². The van der Waals surface area contributed by atoms with Crippen molar-refractivity contribution in [2.24, 2.45) is 0 Å². The lowest BCUT2D eigenvalue weighted by Gasteiger charge is -2.10. The summed E-state index contributed by atoms with van der Waals surface area (Å²) in [6, 6.07) is 16.2. The van der Waals surface area contributed by atoms with Crippen molar-refractivity contribution in [1.29, 1.82) is 0 Å². The third-order valence-electron chi connectivity index (χ3n) is 4.14. The number of benzene rings is 2. The SMILES string of the molecule is O=C(O)CCc1ccc(OCc2cccc(Oc3ccc(C(F)(F)F)cn3)c2)cc1. The van der Waals surface area contributed by atoms with E-state index in [2.05, 4.69) is 4.98 Å². The quantitative estimate of drug-likeness (QED) is 0.525. The molecule has 0 saturated carbocycles. The molecule has 0 atom stereocenters. The zero-order valence-electron chi connectivity index (χ0n) is 15.7. The molecule has 5 nitrogen and oxygen atoms in total. The van der Waals surface area contributed by atoms with Crippen molar-refractivity contribution in [3.8, 4) is 17.4 Å². The molecule has 0 spiro atoms. The van der Waals surface area contributed by atoms with Crippen LogP contribution in [0.4, 0.5) is 13.2 Å². The molecule has 0 radical (unpaired) electrons. The molecule has 3 rings (SSSR count). The maximum absolute atomic E-state index is 12.6. The Morgan fingerprint density at radius 2 is 1.73 bits per heavy atom. The molecule has 2 aromatic carbocycles. The number of hydrogen-bond donors (Lipinski definition) is 1. The summed E-state index contributed by atoms with van der Waals surface area (Å²) in [5, 5.41) is 8.72. The van der Waals surface area contributed by atoms with Crippen LogP contribution in [0, 0.1) is 0 Å². The van der Waals surface area contributed by atoms with Gasteiger partial charge >= 0.3 is 12.1 Å². The molecule has 0 aliphatic carbocycles. The van der Waals surface area contributed by atoms with E-state index in [9.17, 15) is 18.0 Å². The lowest BCUT2D eigenvalue weighted by Crippen LogP contribution is -2.05. The fraction of sp³-hybridized carbons (Fsp3) is 0.182. The summed E-state index contributed by atoms with van der Waals surface area (Å²) in [6.07, 6.45) is -3.20. The first-order valence-electron chi connectivity index (χ1n) is 9.03. The highest BCUT2D eigenvalue weighted by Crippen LogP contribution is 2.30. The summed E-state index contributed by atoms with van der Waals surface area (Å²) >= 11 is 0. The van der Waals surface area contributed by atoms with Crippen LogP contribution in [-0.4, -0.2) is 16.1 Å². The molecule has 0 saturated heterocycles. The largest absolute Gasteiger partial charge is 0.489 e. The van der Waals surface area contributed by atoms with E-state index in [1.54, 1.807) is 30.3 Å². The van der Waals surface area contributed by atoms with Crippen LogP contribution in [0.15, 0.2) is 66.9 Å². The summed E-state index contributed by atoms with van der Waals surface area (Å²) in [6.45, 7) is 0.256. The van der Waals surface area contributed by atoms with E-state index in [1.165, 1.54) is 0 Å². The molecule has 0 amide bonds. The second-order valence-corrected chi connectivity index (χ2v) is 6.46. The molecule has 0 aliphatic heterocycles. The molecule has 1 N–H and O–H groups in total. The minimum atomic E-state index is -4.45. The zero-order chi connectivity index (χ0) is 21.6. The molecule has 0 unspecified atom stereocenters. The standard InChI is InChI=1S/C22H18F3NO4/c23-22(24,25)17-7-10-20(26-13-17)30-19-3-1-2-16(12-19)14-29-18-8-4-15(5-9-18)6-11-21(27)28/h1-5,7-10,12-13H,6,11,14H2,(H,27,28). The minimum absolute atomic E-state index is 0.0537. The lowest BCUT2D eigenvalue weighted by molar-refractivity contribution is -0.138. The number of rotatable bonds is 8. The Morgan fingerprint density at radius 3 is 2.37 bits per heavy atom. The Labute approximate surface area is 170 Å². The number of halogens is 3. The topological polar surface area (TPSA) is 68.7 Å². The van der Waals surface area contributed by atoms with Crippen LogP contribution in [0.5, 0.6) is 17.4 Å². The van der Waals surface area contributed by atoms with E-state index in [4.69, 9.17) is 14.6 Å². The third kappa shape index (κ3) is 6.23. The predicted molar refractivity (Wildman–Crippen MR) is 102 cm³/mol. The van der Waals surface area contributed by atoms with Gasteiger partial charge in [0.1, 0.15) is 18.1 Å². The molecule has 8 heteroatoms. The van der Waals surface area contributed by atoms with E-state index in [0.29, 0.717) is 17.9 Å². The molecule has 1 heterocycles. The van der Waals surface area contributed by atoms with Crippen LogP contribution in [0.1, 0.15) is 23.1 Å². The lowest BCUT2D eigenvalue weighted by atomic mass is 10.1. The van der Waals surface area contributed by atoms with Gasteiger partial charge in [-0.25, -0.2) is 4.98 Å². The number of carboxylic acids is 1. The number of carboxylic acid groups (broad SMARTS) is 1. The van der Waals surface area contributed by atoms with Crippen molar-refractivity contribution in [3.63, 3.8) is 0 Å². The maximum Gasteiger partial charge on any atom is 0.417 e. The number of aryl methyl sites for hydroxylation is 1. The van der Waals surface area contributed by atoms with E-state index in [0.717, 1.165) is 29.5 Å². The first-order valence-corrected chi connectivity index (χ1v) is 9.03. The fourth-order valence-corrected chi connectivity index (χ4v) is 2.60. The van der Waals surface area contributed by atoms with Gasteiger partial charge < -0.3 is 14.6 Å². The Bertz CT molecular complexity index is 987. The van der Waals surface area contributed by atoms with Gasteiger partial charge in [-0.3, -0.25) is 4.79 Å². The Hall–Kier alpha value is -3.55. The monoisotopic (exact) mass is 417 g/mol. The number of nitrogens with zero attached hydrogens (tertiary/aromatic N) is 1. The van der Waals surface area contributed by atoms with Crippen molar-refractivity contribution in [1.82, 2.24) is 4.98 Å². The van der Waals surface area contributed by atoms with Crippen molar-refractivity contribution >= 4 is 5.97 Å². The highest BCUT2D eigenvalue weighted by atomic mass is 19.4. The second kappa shape index (κ2) is 9.30. The van der Waals surface area contributed by atoms with Crippen LogP contribution in [0.3, 0.4) is 0 Å². The average Bonchev–Trinajstić information content (AvgIpc) is 2.71. The van der Waals surface area contributed by atoms with E-state index >= 15 is 0 Å². The van der Waals surface area contributed by atoms with Crippen molar-refractivity contribution in [3.05, 3.63) is 83.6 Å². The number of aromatic nitrogens is 1. The number of carbonyl (C=O) groups is 1. The second-order valence-electron chi connectivity index (χ2n) is 6.46. The van der Waals surface area contributed by atoms with Crippen LogP contribution in [0.2, 0.25) is 0 Å². The van der Waals surface area contributed by atoms with E-state index in [-0.39, 0.29) is 18.9 Å².